The third-order valence-corrected chi connectivity index (χ3v) is 6.34. The molecule has 1 aliphatic heterocycles. The van der Waals surface area contributed by atoms with Crippen molar-refractivity contribution in [2.24, 2.45) is 7.05 Å². The van der Waals surface area contributed by atoms with Gasteiger partial charge in [0, 0.05) is 36.0 Å². The Balaban J connectivity index is 1.46. The van der Waals surface area contributed by atoms with Crippen LogP contribution >= 0.6 is 0 Å². The maximum Gasteiger partial charge on any atom is 0.258 e. The smallest absolute Gasteiger partial charge is 0.258 e. The number of aromatic nitrogens is 5. The number of ether oxygens (including phenoxy) is 1. The fourth-order valence-electron chi connectivity index (χ4n) is 4.64. The van der Waals surface area contributed by atoms with E-state index in [1.807, 2.05) is 6.92 Å². The van der Waals surface area contributed by atoms with E-state index in [-0.39, 0.29) is 18.1 Å². The monoisotopic (exact) mass is 471 g/mol. The summed E-state index contributed by atoms with van der Waals surface area (Å²) in [4.78, 5) is 24.3. The number of aryl methyl sites for hydroxylation is 2. The number of carbonyl (C=O) groups is 1. The molecule has 6 rings (SSSR count). The van der Waals surface area contributed by atoms with Crippen LogP contribution in [-0.2, 0) is 31.5 Å². The van der Waals surface area contributed by atoms with Gasteiger partial charge in [0.2, 0.25) is 5.95 Å². The standard InChI is InChI=1S/C25H22FN7O2/c1-14-21(11-31(2)30-14)33(10-20-23(26)32-8-4-3-5-22(32)28-20)25(34)15-6-7-19-16(9-15)17-12-35-13-18(17)24(27)29-19/h3-9,11H,10,12-13H2,1-2H3,(H2,27,29). The van der Waals surface area contributed by atoms with Crippen molar-refractivity contribution in [3.63, 3.8) is 0 Å². The third-order valence-electron chi connectivity index (χ3n) is 6.34. The molecule has 1 aromatic carbocycles. The molecule has 5 heterocycles. The van der Waals surface area contributed by atoms with Crippen molar-refractivity contribution in [1.82, 2.24) is 24.1 Å². The largest absolute Gasteiger partial charge is 0.383 e. The van der Waals surface area contributed by atoms with E-state index in [0.29, 0.717) is 47.1 Å². The van der Waals surface area contributed by atoms with Gasteiger partial charge in [0.25, 0.3) is 5.91 Å². The second-order valence-corrected chi connectivity index (χ2v) is 8.62. The number of hydrogen-bond acceptors (Lipinski definition) is 6. The van der Waals surface area contributed by atoms with Crippen molar-refractivity contribution in [3.05, 3.63) is 82.8 Å². The highest BCUT2D eigenvalue weighted by molar-refractivity contribution is 6.08. The van der Waals surface area contributed by atoms with Crippen LogP contribution in [0.15, 0.2) is 48.8 Å². The molecule has 0 fully saturated rings. The number of nitrogens with two attached hydrogens (primary N) is 1. The first-order valence-electron chi connectivity index (χ1n) is 11.1. The molecule has 2 N–H and O–H groups in total. The predicted octanol–water partition coefficient (Wildman–Crippen LogP) is 3.52. The van der Waals surface area contributed by atoms with Gasteiger partial charge in [-0.3, -0.25) is 18.8 Å². The number of amides is 1. The van der Waals surface area contributed by atoms with E-state index in [1.165, 1.54) is 9.30 Å². The molecule has 0 radical (unpaired) electrons. The molecule has 0 unspecified atom stereocenters. The molecule has 0 saturated heterocycles. The lowest BCUT2D eigenvalue weighted by atomic mass is 10.0. The molecular formula is C25H22FN7O2. The van der Waals surface area contributed by atoms with E-state index < -0.39 is 5.95 Å². The summed E-state index contributed by atoms with van der Waals surface area (Å²) in [6.07, 6.45) is 3.35. The fraction of sp³-hybridized carbons (Fsp3) is 0.200. The Hall–Kier alpha value is -4.31. The first-order chi connectivity index (χ1) is 16.9. The maximum absolute atomic E-state index is 15.2. The van der Waals surface area contributed by atoms with E-state index in [4.69, 9.17) is 10.5 Å². The van der Waals surface area contributed by atoms with E-state index in [2.05, 4.69) is 15.1 Å². The van der Waals surface area contributed by atoms with Crippen molar-refractivity contribution < 1.29 is 13.9 Å². The summed E-state index contributed by atoms with van der Waals surface area (Å²) in [5.74, 6) is -0.365. The molecule has 4 aromatic heterocycles. The van der Waals surface area contributed by atoms with Gasteiger partial charge in [0.15, 0.2) is 0 Å². The van der Waals surface area contributed by atoms with Crippen LogP contribution in [0.1, 0.15) is 32.9 Å². The summed E-state index contributed by atoms with van der Waals surface area (Å²) in [7, 11) is 1.78. The zero-order chi connectivity index (χ0) is 24.3. The lowest BCUT2D eigenvalue weighted by Gasteiger charge is -2.21. The highest BCUT2D eigenvalue weighted by Gasteiger charge is 2.26. The van der Waals surface area contributed by atoms with Crippen molar-refractivity contribution in [3.8, 4) is 0 Å². The molecule has 0 saturated carbocycles. The van der Waals surface area contributed by atoms with E-state index >= 15 is 4.39 Å². The first kappa shape index (κ1) is 21.2. The van der Waals surface area contributed by atoms with Crippen molar-refractivity contribution in [2.45, 2.75) is 26.7 Å². The fourth-order valence-corrected chi connectivity index (χ4v) is 4.64. The third kappa shape index (κ3) is 3.41. The molecule has 176 valence electrons. The van der Waals surface area contributed by atoms with Gasteiger partial charge in [0.1, 0.15) is 17.2 Å². The van der Waals surface area contributed by atoms with Crippen LogP contribution in [-0.4, -0.2) is 30.1 Å². The molecule has 1 amide bonds. The number of rotatable bonds is 4. The predicted molar refractivity (Wildman–Crippen MR) is 128 cm³/mol. The number of anilines is 2. The second kappa shape index (κ2) is 7.88. The zero-order valence-corrected chi connectivity index (χ0v) is 19.2. The van der Waals surface area contributed by atoms with Crippen LogP contribution in [0, 0.1) is 12.9 Å². The maximum atomic E-state index is 15.2. The summed E-state index contributed by atoms with van der Waals surface area (Å²) < 4.78 is 23.8. The number of pyridine rings is 2. The average Bonchev–Trinajstić information content (AvgIpc) is 3.55. The Labute approximate surface area is 199 Å². The molecule has 35 heavy (non-hydrogen) atoms. The molecule has 0 bridgehead atoms. The number of halogens is 1. The van der Waals surface area contributed by atoms with Crippen LogP contribution in [0.4, 0.5) is 15.9 Å². The minimum absolute atomic E-state index is 0.0574. The highest BCUT2D eigenvalue weighted by Crippen LogP contribution is 2.32. The molecule has 5 aromatic rings. The number of nitrogens with zero attached hydrogens (tertiary/aromatic N) is 6. The zero-order valence-electron chi connectivity index (χ0n) is 19.2. The normalized spacial score (nSPS) is 13.0. The van der Waals surface area contributed by atoms with Crippen LogP contribution in [0.3, 0.4) is 0 Å². The minimum Gasteiger partial charge on any atom is -0.383 e. The Morgan fingerprint density at radius 1 is 1.20 bits per heavy atom. The Morgan fingerprint density at radius 2 is 2.03 bits per heavy atom. The topological polar surface area (TPSA) is 104 Å². The quantitative estimate of drug-likeness (QED) is 0.430. The van der Waals surface area contributed by atoms with Gasteiger partial charge in [-0.25, -0.2) is 9.97 Å². The highest BCUT2D eigenvalue weighted by atomic mass is 19.1. The summed E-state index contributed by atoms with van der Waals surface area (Å²) in [5, 5.41) is 5.20. The Kier molecular flexibility index (Phi) is 4.78. The van der Waals surface area contributed by atoms with Crippen LogP contribution in [0.5, 0.6) is 0 Å². The SMILES string of the molecule is Cc1nn(C)cc1N(Cc1nc2ccccn2c1F)C(=O)c1ccc2nc(N)c3c(c2c1)COC3. The van der Waals surface area contributed by atoms with Gasteiger partial charge in [0.05, 0.1) is 36.7 Å². The summed E-state index contributed by atoms with van der Waals surface area (Å²) in [5.41, 5.74) is 10.9. The lowest BCUT2D eigenvalue weighted by molar-refractivity contribution is 0.0984. The molecule has 9 nitrogen and oxygen atoms in total. The summed E-state index contributed by atoms with van der Waals surface area (Å²) in [6.45, 7) is 2.57. The number of carbonyl (C=O) groups excluding carboxylic acids is 1. The lowest BCUT2D eigenvalue weighted by Crippen LogP contribution is -2.31. The van der Waals surface area contributed by atoms with Crippen LogP contribution < -0.4 is 10.6 Å². The van der Waals surface area contributed by atoms with E-state index in [9.17, 15) is 4.79 Å². The number of imidazole rings is 1. The molecule has 0 spiro atoms. The van der Waals surface area contributed by atoms with Gasteiger partial charge in [-0.05, 0) is 42.8 Å². The van der Waals surface area contributed by atoms with Gasteiger partial charge in [-0.1, -0.05) is 6.07 Å². The average molecular weight is 471 g/mol. The van der Waals surface area contributed by atoms with Crippen LogP contribution in [0.2, 0.25) is 0 Å². The van der Waals surface area contributed by atoms with Gasteiger partial charge < -0.3 is 10.5 Å². The van der Waals surface area contributed by atoms with E-state index in [1.54, 1.807) is 60.5 Å². The molecule has 10 heteroatoms. The second-order valence-electron chi connectivity index (χ2n) is 8.62. The Bertz CT molecular complexity index is 1640. The molecule has 0 aliphatic carbocycles. The number of benzene rings is 1. The van der Waals surface area contributed by atoms with Gasteiger partial charge in [-0.2, -0.15) is 9.49 Å². The van der Waals surface area contributed by atoms with Crippen molar-refractivity contribution in [2.75, 3.05) is 10.6 Å². The molecule has 0 atom stereocenters. The number of hydrogen-bond donors (Lipinski definition) is 1. The minimum atomic E-state index is -0.506. The number of nitrogen functional groups attached to an aromatic ring is 1. The van der Waals surface area contributed by atoms with E-state index in [0.717, 1.165) is 16.5 Å². The Morgan fingerprint density at radius 3 is 2.80 bits per heavy atom. The van der Waals surface area contributed by atoms with Gasteiger partial charge in [-0.15, -0.1) is 0 Å². The van der Waals surface area contributed by atoms with Crippen molar-refractivity contribution >= 4 is 34.0 Å². The van der Waals surface area contributed by atoms with Crippen LogP contribution in [0.25, 0.3) is 16.6 Å². The first-order valence-corrected chi connectivity index (χ1v) is 11.1. The summed E-state index contributed by atoms with van der Waals surface area (Å²) in [6, 6.07) is 10.5. The molecule has 1 aliphatic rings. The van der Waals surface area contributed by atoms with Crippen molar-refractivity contribution in [1.29, 1.82) is 0 Å². The van der Waals surface area contributed by atoms with Gasteiger partial charge >= 0.3 is 0 Å². The summed E-state index contributed by atoms with van der Waals surface area (Å²) >= 11 is 0. The molecular weight excluding hydrogens is 449 g/mol. The number of fused-ring (bicyclic) bond motifs is 4.